The van der Waals surface area contributed by atoms with Crippen LogP contribution in [0.2, 0.25) is 0 Å². The average Bonchev–Trinajstić information content (AvgIpc) is 2.89. The van der Waals surface area contributed by atoms with Crippen molar-refractivity contribution < 1.29 is 9.59 Å². The zero-order valence-electron chi connectivity index (χ0n) is 14.1. The summed E-state index contributed by atoms with van der Waals surface area (Å²) in [5, 5.41) is 0. The Bertz CT molecular complexity index is 897. The van der Waals surface area contributed by atoms with Gasteiger partial charge in [-0.3, -0.25) is 14.5 Å². The fourth-order valence-electron chi connectivity index (χ4n) is 5.52. The Morgan fingerprint density at radius 3 is 2.12 bits per heavy atom. The number of rotatable bonds is 2. The second-order valence-electron chi connectivity index (χ2n) is 7.43. The van der Waals surface area contributed by atoms with Gasteiger partial charge in [0.25, 0.3) is 0 Å². The van der Waals surface area contributed by atoms with Gasteiger partial charge in [0, 0.05) is 17.9 Å². The van der Waals surface area contributed by atoms with Crippen LogP contribution in [0.3, 0.4) is 0 Å². The lowest BCUT2D eigenvalue weighted by Gasteiger charge is -2.52. The van der Waals surface area contributed by atoms with Crippen LogP contribution in [0.4, 0.5) is 0 Å². The average molecular weight is 329 g/mol. The molecule has 3 nitrogen and oxygen atoms in total. The molecule has 3 aliphatic carbocycles. The Kier molecular flexibility index (Phi) is 2.75. The summed E-state index contributed by atoms with van der Waals surface area (Å²) in [5.41, 5.74) is 4.33. The highest BCUT2D eigenvalue weighted by atomic mass is 16.2. The van der Waals surface area contributed by atoms with E-state index >= 15 is 0 Å². The summed E-state index contributed by atoms with van der Waals surface area (Å²) in [6, 6.07) is 16.6. The van der Waals surface area contributed by atoms with Gasteiger partial charge < -0.3 is 0 Å². The maximum atomic E-state index is 13.2. The lowest BCUT2D eigenvalue weighted by Crippen LogP contribution is -2.51. The van der Waals surface area contributed by atoms with E-state index in [1.165, 1.54) is 27.2 Å². The molecule has 2 aromatic rings. The van der Waals surface area contributed by atoms with Gasteiger partial charge in [0.2, 0.25) is 11.8 Å². The first-order valence-electron chi connectivity index (χ1n) is 8.75. The standard InChI is InChI=1S/C22H19NO2/c1-3-12-23-20(24)18-17-13-8-4-6-10-15(13)22(2,19(18)21(23)25)16-11-7-5-9-14(16)17/h3-11,17-19H,1,12H2,2H3. The van der Waals surface area contributed by atoms with Gasteiger partial charge in [-0.05, 0) is 22.3 Å². The number of hydrogen-bond donors (Lipinski definition) is 0. The molecular formula is C22H19NO2. The van der Waals surface area contributed by atoms with Crippen molar-refractivity contribution >= 4 is 11.8 Å². The van der Waals surface area contributed by atoms with Crippen molar-refractivity contribution in [3.63, 3.8) is 0 Å². The molecule has 2 atom stereocenters. The second kappa shape index (κ2) is 4.69. The van der Waals surface area contributed by atoms with Crippen LogP contribution >= 0.6 is 0 Å². The first-order valence-corrected chi connectivity index (χ1v) is 8.75. The second-order valence-corrected chi connectivity index (χ2v) is 7.43. The van der Waals surface area contributed by atoms with Gasteiger partial charge in [0.05, 0.1) is 11.8 Å². The zero-order valence-corrected chi connectivity index (χ0v) is 14.1. The maximum Gasteiger partial charge on any atom is 0.234 e. The van der Waals surface area contributed by atoms with Crippen LogP contribution in [0.1, 0.15) is 35.1 Å². The van der Waals surface area contributed by atoms with Crippen LogP contribution in [0.15, 0.2) is 61.2 Å². The van der Waals surface area contributed by atoms with E-state index in [9.17, 15) is 9.59 Å². The van der Waals surface area contributed by atoms with E-state index < -0.39 is 5.41 Å². The molecule has 0 saturated carbocycles. The van der Waals surface area contributed by atoms with Gasteiger partial charge in [-0.15, -0.1) is 6.58 Å². The third kappa shape index (κ3) is 1.52. The predicted molar refractivity (Wildman–Crippen MR) is 95.1 cm³/mol. The van der Waals surface area contributed by atoms with Gasteiger partial charge >= 0.3 is 0 Å². The molecule has 1 aliphatic heterocycles. The number of nitrogens with zero attached hydrogens (tertiary/aromatic N) is 1. The molecule has 0 aromatic heterocycles. The van der Waals surface area contributed by atoms with Crippen molar-refractivity contribution in [2.75, 3.05) is 6.54 Å². The van der Waals surface area contributed by atoms with E-state index in [0.29, 0.717) is 6.54 Å². The molecule has 2 aromatic carbocycles. The summed E-state index contributed by atoms with van der Waals surface area (Å²) in [6.45, 7) is 6.15. The highest BCUT2D eigenvalue weighted by Crippen LogP contribution is 2.63. The van der Waals surface area contributed by atoms with Gasteiger partial charge in [0.1, 0.15) is 0 Å². The van der Waals surface area contributed by atoms with Crippen LogP contribution < -0.4 is 0 Å². The first kappa shape index (κ1) is 14.6. The molecule has 3 heteroatoms. The monoisotopic (exact) mass is 329 g/mol. The Labute approximate surface area is 147 Å². The zero-order chi connectivity index (χ0) is 17.3. The topological polar surface area (TPSA) is 37.4 Å². The fourth-order valence-corrected chi connectivity index (χ4v) is 5.52. The molecule has 25 heavy (non-hydrogen) atoms. The third-order valence-corrected chi connectivity index (χ3v) is 6.45. The smallest absolute Gasteiger partial charge is 0.234 e. The van der Waals surface area contributed by atoms with Gasteiger partial charge in [0.15, 0.2) is 0 Å². The SMILES string of the molecule is C=CCN1C(=O)C2C3c4ccccc4C(C)(c4ccccc43)C2C1=O. The highest BCUT2D eigenvalue weighted by molar-refractivity contribution is 6.08. The van der Waals surface area contributed by atoms with Crippen LogP contribution in [0.25, 0.3) is 0 Å². The van der Waals surface area contributed by atoms with E-state index in [0.717, 1.165) is 0 Å². The quantitative estimate of drug-likeness (QED) is 0.626. The molecule has 2 amide bonds. The Hall–Kier alpha value is -2.68. The summed E-state index contributed by atoms with van der Waals surface area (Å²) >= 11 is 0. The number of carbonyl (C=O) groups is 2. The summed E-state index contributed by atoms with van der Waals surface area (Å²) in [7, 11) is 0. The molecule has 124 valence electrons. The molecule has 0 N–H and O–H groups in total. The minimum atomic E-state index is -0.463. The van der Waals surface area contributed by atoms with E-state index in [4.69, 9.17) is 0 Å². The summed E-state index contributed by atoms with van der Waals surface area (Å²) in [4.78, 5) is 27.8. The third-order valence-electron chi connectivity index (χ3n) is 6.45. The largest absolute Gasteiger partial charge is 0.278 e. The summed E-state index contributed by atoms with van der Waals surface area (Å²) in [5.74, 6) is -0.760. The lowest BCUT2D eigenvalue weighted by molar-refractivity contribution is -0.139. The number of likely N-dealkylation sites (tertiary alicyclic amines) is 1. The minimum Gasteiger partial charge on any atom is -0.278 e. The summed E-state index contributed by atoms with van der Waals surface area (Å²) in [6.07, 6.45) is 1.64. The van der Waals surface area contributed by atoms with Crippen molar-refractivity contribution in [2.24, 2.45) is 11.8 Å². The molecule has 4 aliphatic rings. The van der Waals surface area contributed by atoms with Gasteiger partial charge in [-0.2, -0.15) is 0 Å². The number of hydrogen-bond acceptors (Lipinski definition) is 2. The van der Waals surface area contributed by atoms with Crippen molar-refractivity contribution in [2.45, 2.75) is 18.3 Å². The number of imide groups is 1. The van der Waals surface area contributed by atoms with Gasteiger partial charge in [-0.1, -0.05) is 61.5 Å². The van der Waals surface area contributed by atoms with Crippen molar-refractivity contribution in [3.05, 3.63) is 83.4 Å². The Morgan fingerprint density at radius 2 is 1.56 bits per heavy atom. The summed E-state index contributed by atoms with van der Waals surface area (Å²) < 4.78 is 0. The van der Waals surface area contributed by atoms with Crippen LogP contribution in [0, 0.1) is 11.8 Å². The number of benzene rings is 2. The molecule has 1 heterocycles. The molecule has 1 saturated heterocycles. The van der Waals surface area contributed by atoms with Crippen LogP contribution in [-0.2, 0) is 15.0 Å². The first-order chi connectivity index (χ1) is 12.1. The van der Waals surface area contributed by atoms with Crippen molar-refractivity contribution in [1.29, 1.82) is 0 Å². The Morgan fingerprint density at radius 1 is 1.00 bits per heavy atom. The molecule has 0 spiro atoms. The molecule has 2 bridgehead atoms. The number of amides is 2. The van der Waals surface area contributed by atoms with E-state index in [2.05, 4.69) is 37.8 Å². The maximum absolute atomic E-state index is 13.2. The van der Waals surface area contributed by atoms with E-state index in [1.54, 1.807) is 6.08 Å². The highest BCUT2D eigenvalue weighted by Gasteiger charge is 2.66. The molecule has 6 rings (SSSR count). The van der Waals surface area contributed by atoms with Crippen molar-refractivity contribution in [1.82, 2.24) is 4.90 Å². The Balaban J connectivity index is 1.84. The lowest BCUT2D eigenvalue weighted by atomic mass is 9.48. The van der Waals surface area contributed by atoms with E-state index in [-0.39, 0.29) is 29.6 Å². The fraction of sp³-hybridized carbons (Fsp3) is 0.273. The van der Waals surface area contributed by atoms with Crippen molar-refractivity contribution in [3.8, 4) is 0 Å². The van der Waals surface area contributed by atoms with Gasteiger partial charge in [-0.25, -0.2) is 0 Å². The number of carbonyl (C=O) groups excluding carboxylic acids is 2. The normalized spacial score (nSPS) is 31.6. The molecule has 2 unspecified atom stereocenters. The minimum absolute atomic E-state index is 0.0366. The molecular weight excluding hydrogens is 310 g/mol. The molecule has 1 fully saturated rings. The van der Waals surface area contributed by atoms with E-state index in [1.807, 2.05) is 24.3 Å². The predicted octanol–water partition coefficient (Wildman–Crippen LogP) is 3.24. The molecule has 0 radical (unpaired) electrons. The van der Waals surface area contributed by atoms with Crippen LogP contribution in [0.5, 0.6) is 0 Å². The van der Waals surface area contributed by atoms with Crippen LogP contribution in [-0.4, -0.2) is 23.3 Å².